The highest BCUT2D eigenvalue weighted by Gasteiger charge is 2.51. The van der Waals surface area contributed by atoms with E-state index in [2.05, 4.69) is 18.7 Å². The van der Waals surface area contributed by atoms with Crippen molar-refractivity contribution in [1.29, 1.82) is 0 Å². The molecule has 1 saturated heterocycles. The molecule has 8 heteroatoms. The number of alkyl halides is 3. The van der Waals surface area contributed by atoms with Gasteiger partial charge in [-0.25, -0.2) is 8.78 Å². The minimum Gasteiger partial charge on any atom is -0.338 e. The number of likely N-dealkylation sites (tertiary alicyclic amines) is 1. The summed E-state index contributed by atoms with van der Waals surface area (Å²) in [5.74, 6) is -0.600. The van der Waals surface area contributed by atoms with Crippen molar-refractivity contribution in [3.63, 3.8) is 0 Å². The van der Waals surface area contributed by atoms with Crippen LogP contribution in [0, 0.1) is 23.0 Å². The number of carbonyl (C=O) groups excluding carboxylic acids is 1. The van der Waals surface area contributed by atoms with Gasteiger partial charge in [-0.15, -0.1) is 0 Å². The number of hydrogen-bond donors (Lipinski definition) is 0. The third kappa shape index (κ3) is 5.08. The number of nitrogens with zero attached hydrogens (tertiary/aromatic N) is 2. The van der Waals surface area contributed by atoms with E-state index in [0.29, 0.717) is 18.5 Å². The summed E-state index contributed by atoms with van der Waals surface area (Å²) in [6.07, 6.45) is -0.0645. The van der Waals surface area contributed by atoms with Gasteiger partial charge in [0.1, 0.15) is 11.6 Å². The molecule has 0 N–H and O–H groups in total. The second-order valence-electron chi connectivity index (χ2n) is 11.6. The van der Waals surface area contributed by atoms with Crippen molar-refractivity contribution in [2.45, 2.75) is 77.1 Å². The van der Waals surface area contributed by atoms with E-state index in [1.165, 1.54) is 17.7 Å². The zero-order chi connectivity index (χ0) is 27.2. The van der Waals surface area contributed by atoms with Gasteiger partial charge in [-0.3, -0.25) is 4.79 Å². The number of fused-ring (bicyclic) bond motifs is 1. The van der Waals surface area contributed by atoms with E-state index in [-0.39, 0.29) is 47.8 Å². The Balaban J connectivity index is 1.27. The van der Waals surface area contributed by atoms with Gasteiger partial charge in [0.2, 0.25) is 5.91 Å². The van der Waals surface area contributed by atoms with Crippen molar-refractivity contribution in [3.05, 3.63) is 70.3 Å². The molecule has 38 heavy (non-hydrogen) atoms. The molecule has 0 radical (unpaired) electrons. The van der Waals surface area contributed by atoms with E-state index in [0.717, 1.165) is 51.3 Å². The van der Waals surface area contributed by atoms with Crippen LogP contribution in [0.4, 0.5) is 22.0 Å². The van der Waals surface area contributed by atoms with Crippen LogP contribution in [-0.4, -0.2) is 41.4 Å². The van der Waals surface area contributed by atoms with Crippen molar-refractivity contribution >= 4 is 5.91 Å². The van der Waals surface area contributed by atoms with E-state index in [1.807, 2.05) is 12.1 Å². The normalized spacial score (nSPS) is 25.2. The molecule has 2 unspecified atom stereocenters. The molecule has 0 aromatic heterocycles. The van der Waals surface area contributed by atoms with E-state index in [1.54, 1.807) is 4.90 Å². The zero-order valence-corrected chi connectivity index (χ0v) is 22.0. The average molecular weight is 535 g/mol. The van der Waals surface area contributed by atoms with Gasteiger partial charge in [0.05, 0.1) is 11.0 Å². The molecule has 1 amide bonds. The average Bonchev–Trinajstić information content (AvgIpc) is 3.35. The predicted octanol–water partition coefficient (Wildman–Crippen LogP) is 6.94. The third-order valence-corrected chi connectivity index (χ3v) is 9.34. The topological polar surface area (TPSA) is 23.6 Å². The number of amides is 1. The van der Waals surface area contributed by atoms with Gasteiger partial charge in [-0.1, -0.05) is 26.0 Å². The SMILES string of the molecule is CC(C)C1(C(=O)N2CCc3c(F)cc(C(F)(F)F)cc3C2)CCC(N2CCC(c3ccc(F)cc3)CC2)C1. The molecule has 0 bridgehead atoms. The molecule has 3 aliphatic rings. The van der Waals surface area contributed by atoms with Crippen LogP contribution in [-0.2, 0) is 23.9 Å². The first-order chi connectivity index (χ1) is 18.0. The Morgan fingerprint density at radius 3 is 2.32 bits per heavy atom. The zero-order valence-electron chi connectivity index (χ0n) is 22.0. The number of carbonyl (C=O) groups is 1. The van der Waals surface area contributed by atoms with Gasteiger partial charge >= 0.3 is 6.18 Å². The monoisotopic (exact) mass is 534 g/mol. The maximum atomic E-state index is 14.5. The summed E-state index contributed by atoms with van der Waals surface area (Å²) in [6.45, 7) is 6.28. The molecule has 206 valence electrons. The van der Waals surface area contributed by atoms with E-state index >= 15 is 0 Å². The smallest absolute Gasteiger partial charge is 0.338 e. The fourth-order valence-electron chi connectivity index (χ4n) is 6.96. The second-order valence-corrected chi connectivity index (χ2v) is 11.6. The van der Waals surface area contributed by atoms with Gasteiger partial charge in [-0.05, 0) is 104 Å². The maximum absolute atomic E-state index is 14.5. The molecule has 1 aliphatic carbocycles. The quantitative estimate of drug-likeness (QED) is 0.397. The Labute approximate surface area is 221 Å². The Hall–Kier alpha value is -2.48. The van der Waals surface area contributed by atoms with Crippen LogP contribution >= 0.6 is 0 Å². The second kappa shape index (κ2) is 10.2. The molecular formula is C30H35F5N2O. The molecule has 2 heterocycles. The largest absolute Gasteiger partial charge is 0.416 e. The highest BCUT2D eigenvalue weighted by molar-refractivity contribution is 5.84. The summed E-state index contributed by atoms with van der Waals surface area (Å²) in [7, 11) is 0. The van der Waals surface area contributed by atoms with Crippen LogP contribution in [0.25, 0.3) is 0 Å². The molecule has 2 aromatic carbocycles. The fourth-order valence-corrected chi connectivity index (χ4v) is 6.96. The van der Waals surface area contributed by atoms with Crippen LogP contribution in [0.3, 0.4) is 0 Å². The molecule has 2 aromatic rings. The first kappa shape index (κ1) is 27.1. The summed E-state index contributed by atoms with van der Waals surface area (Å²) in [5, 5.41) is 0. The summed E-state index contributed by atoms with van der Waals surface area (Å²) in [5.41, 5.74) is 0.129. The highest BCUT2D eigenvalue weighted by atomic mass is 19.4. The Morgan fingerprint density at radius 2 is 1.68 bits per heavy atom. The molecule has 0 spiro atoms. The number of rotatable bonds is 4. The van der Waals surface area contributed by atoms with E-state index in [4.69, 9.17) is 0 Å². The molecule has 2 aliphatic heterocycles. The fraction of sp³-hybridized carbons (Fsp3) is 0.567. The number of benzene rings is 2. The lowest BCUT2D eigenvalue weighted by Gasteiger charge is -2.41. The lowest BCUT2D eigenvalue weighted by atomic mass is 9.73. The number of piperidine rings is 1. The summed E-state index contributed by atoms with van der Waals surface area (Å²) in [4.78, 5) is 18.1. The maximum Gasteiger partial charge on any atom is 0.416 e. The van der Waals surface area contributed by atoms with Crippen LogP contribution in [0.5, 0.6) is 0 Å². The van der Waals surface area contributed by atoms with Crippen LogP contribution < -0.4 is 0 Å². The first-order valence-corrected chi connectivity index (χ1v) is 13.7. The van der Waals surface area contributed by atoms with Crippen molar-refractivity contribution in [2.24, 2.45) is 11.3 Å². The van der Waals surface area contributed by atoms with Gasteiger partial charge in [0, 0.05) is 19.1 Å². The lowest BCUT2D eigenvalue weighted by Crippen LogP contribution is -2.49. The Morgan fingerprint density at radius 1 is 1.00 bits per heavy atom. The molecule has 1 saturated carbocycles. The van der Waals surface area contributed by atoms with E-state index in [9.17, 15) is 26.7 Å². The van der Waals surface area contributed by atoms with Crippen molar-refractivity contribution < 1.29 is 26.7 Å². The standard InChI is InChI=1S/C30H35F5N2O/c1-19(2)29(28(38)37-14-10-26-22(18-37)15-23(16-27(26)32)30(33,34)35)11-7-25(17-29)36-12-8-21(9-13-36)20-3-5-24(31)6-4-20/h3-6,15-16,19,21,25H,7-14,17-18H2,1-2H3. The van der Waals surface area contributed by atoms with Crippen molar-refractivity contribution in [3.8, 4) is 0 Å². The van der Waals surface area contributed by atoms with Crippen molar-refractivity contribution in [2.75, 3.05) is 19.6 Å². The summed E-state index contributed by atoms with van der Waals surface area (Å²) in [6, 6.07) is 8.61. The molecule has 2 fully saturated rings. The van der Waals surface area contributed by atoms with Gasteiger partial charge in [0.15, 0.2) is 0 Å². The third-order valence-electron chi connectivity index (χ3n) is 9.34. The van der Waals surface area contributed by atoms with Gasteiger partial charge in [-0.2, -0.15) is 13.2 Å². The number of hydrogen-bond acceptors (Lipinski definition) is 2. The van der Waals surface area contributed by atoms with Gasteiger partial charge in [0.25, 0.3) is 0 Å². The highest BCUT2D eigenvalue weighted by Crippen LogP contribution is 2.49. The Kier molecular flexibility index (Phi) is 7.31. The minimum atomic E-state index is -4.63. The van der Waals surface area contributed by atoms with Gasteiger partial charge < -0.3 is 9.80 Å². The van der Waals surface area contributed by atoms with E-state index < -0.39 is 23.0 Å². The molecular weight excluding hydrogens is 499 g/mol. The molecule has 5 rings (SSSR count). The predicted molar refractivity (Wildman–Crippen MR) is 135 cm³/mol. The molecule has 2 atom stereocenters. The van der Waals surface area contributed by atoms with Crippen LogP contribution in [0.15, 0.2) is 36.4 Å². The molecule has 3 nitrogen and oxygen atoms in total. The Bertz CT molecular complexity index is 1170. The summed E-state index contributed by atoms with van der Waals surface area (Å²) >= 11 is 0. The van der Waals surface area contributed by atoms with Crippen molar-refractivity contribution in [1.82, 2.24) is 9.80 Å². The minimum absolute atomic E-state index is 0.0111. The number of halogens is 5. The lowest BCUT2D eigenvalue weighted by molar-refractivity contribution is -0.146. The van der Waals surface area contributed by atoms with Crippen LogP contribution in [0.1, 0.15) is 74.1 Å². The van der Waals surface area contributed by atoms with Crippen LogP contribution in [0.2, 0.25) is 0 Å². The first-order valence-electron chi connectivity index (χ1n) is 13.7. The summed E-state index contributed by atoms with van der Waals surface area (Å²) < 4.78 is 67.7.